The zero-order chi connectivity index (χ0) is 15.0. The molecule has 0 spiro atoms. The second-order valence-corrected chi connectivity index (χ2v) is 7.33. The van der Waals surface area contributed by atoms with Crippen LogP contribution < -0.4 is 5.32 Å². The molecule has 2 aliphatic carbocycles. The van der Waals surface area contributed by atoms with Crippen molar-refractivity contribution in [3.63, 3.8) is 0 Å². The molecule has 0 saturated heterocycles. The molecule has 3 rings (SSSR count). The topological polar surface area (TPSA) is 55.4 Å². The highest BCUT2D eigenvalue weighted by Crippen LogP contribution is 2.40. The lowest BCUT2D eigenvalue weighted by molar-refractivity contribution is -0.148. The molecule has 1 aromatic heterocycles. The van der Waals surface area contributed by atoms with Crippen LogP contribution in [0.25, 0.3) is 0 Å². The van der Waals surface area contributed by atoms with E-state index in [1.807, 2.05) is 6.07 Å². The van der Waals surface area contributed by atoms with Gasteiger partial charge in [0.2, 0.25) is 0 Å². The molecule has 1 heterocycles. The van der Waals surface area contributed by atoms with Crippen molar-refractivity contribution in [1.29, 1.82) is 0 Å². The van der Waals surface area contributed by atoms with Gasteiger partial charge in [0.15, 0.2) is 0 Å². The second-order valence-electron chi connectivity index (χ2n) is 6.19. The third kappa shape index (κ3) is 2.71. The molecule has 0 bridgehead atoms. The Hall–Kier alpha value is -1.36. The third-order valence-electron chi connectivity index (χ3n) is 4.60. The monoisotopic (exact) mass is 307 g/mol. The van der Waals surface area contributed by atoms with Crippen LogP contribution in [0.5, 0.6) is 0 Å². The fourth-order valence-electron chi connectivity index (χ4n) is 3.09. The van der Waals surface area contributed by atoms with Crippen molar-refractivity contribution in [2.24, 2.45) is 5.92 Å². The molecule has 0 aliphatic heterocycles. The van der Waals surface area contributed by atoms with Crippen LogP contribution in [0.15, 0.2) is 6.07 Å². The highest BCUT2D eigenvalue weighted by molar-refractivity contribution is 7.14. The zero-order valence-corrected chi connectivity index (χ0v) is 13.3. The zero-order valence-electron chi connectivity index (χ0n) is 12.5. The number of methoxy groups -OCH3 is 1. The van der Waals surface area contributed by atoms with Crippen molar-refractivity contribution < 1.29 is 14.3 Å². The Balaban J connectivity index is 1.78. The highest BCUT2D eigenvalue weighted by atomic mass is 32.1. The minimum atomic E-state index is -0.893. The molecule has 1 atom stereocenters. The molecule has 1 saturated carbocycles. The summed E-state index contributed by atoms with van der Waals surface area (Å²) in [5.41, 5.74) is 0.415. The lowest BCUT2D eigenvalue weighted by Gasteiger charge is -2.27. The van der Waals surface area contributed by atoms with Gasteiger partial charge in [-0.3, -0.25) is 4.79 Å². The summed E-state index contributed by atoms with van der Waals surface area (Å²) in [6.45, 7) is 1.78. The Kier molecular flexibility index (Phi) is 3.78. The Morgan fingerprint density at radius 1 is 1.33 bits per heavy atom. The van der Waals surface area contributed by atoms with Gasteiger partial charge in [0, 0.05) is 4.88 Å². The van der Waals surface area contributed by atoms with Crippen molar-refractivity contribution >= 4 is 23.2 Å². The number of nitrogens with one attached hydrogen (secondary N) is 1. The molecule has 4 nitrogen and oxygen atoms in total. The van der Waals surface area contributed by atoms with E-state index in [-0.39, 0.29) is 17.8 Å². The van der Waals surface area contributed by atoms with E-state index in [2.05, 4.69) is 5.32 Å². The van der Waals surface area contributed by atoms with Gasteiger partial charge in [0.1, 0.15) is 5.54 Å². The molecule has 0 aromatic carbocycles. The average molecular weight is 307 g/mol. The molecule has 1 amide bonds. The van der Waals surface area contributed by atoms with E-state index in [1.165, 1.54) is 30.4 Å². The van der Waals surface area contributed by atoms with E-state index < -0.39 is 5.54 Å². The van der Waals surface area contributed by atoms with E-state index in [1.54, 1.807) is 18.3 Å². The molecule has 1 N–H and O–H groups in total. The smallest absolute Gasteiger partial charge is 0.331 e. The molecule has 2 aliphatic rings. The Morgan fingerprint density at radius 3 is 2.67 bits per heavy atom. The van der Waals surface area contributed by atoms with E-state index in [0.717, 1.165) is 30.6 Å². The number of thiophene rings is 1. The van der Waals surface area contributed by atoms with Crippen LogP contribution in [-0.2, 0) is 22.4 Å². The lowest BCUT2D eigenvalue weighted by atomic mass is 9.95. The number of amides is 1. The second kappa shape index (κ2) is 5.44. The highest BCUT2D eigenvalue weighted by Gasteiger charge is 2.49. The summed E-state index contributed by atoms with van der Waals surface area (Å²) in [4.78, 5) is 26.6. The van der Waals surface area contributed by atoms with Gasteiger partial charge in [-0.05, 0) is 63.0 Å². The number of ether oxygens (including phenoxy) is 1. The Labute approximate surface area is 128 Å². The summed E-state index contributed by atoms with van der Waals surface area (Å²) in [5, 5.41) is 2.93. The number of hydrogen-bond acceptors (Lipinski definition) is 4. The largest absolute Gasteiger partial charge is 0.467 e. The van der Waals surface area contributed by atoms with Gasteiger partial charge in [-0.2, -0.15) is 0 Å². The number of esters is 1. The molecule has 1 aromatic rings. The predicted octanol–water partition coefficient (Wildman–Crippen LogP) is 2.70. The lowest BCUT2D eigenvalue weighted by Crippen LogP contribution is -2.54. The number of carbonyl (C=O) groups excluding carboxylic acids is 2. The molecule has 1 fully saturated rings. The first-order valence-corrected chi connectivity index (χ1v) is 8.38. The first-order chi connectivity index (χ1) is 10.0. The van der Waals surface area contributed by atoms with Gasteiger partial charge in [0.25, 0.3) is 5.91 Å². The van der Waals surface area contributed by atoms with Crippen molar-refractivity contribution in [2.45, 2.75) is 51.0 Å². The van der Waals surface area contributed by atoms with Gasteiger partial charge in [0.05, 0.1) is 12.0 Å². The molecule has 114 valence electrons. The standard InChI is InChI=1S/C16H21NO3S/c1-16(11-7-8-11,15(19)20-2)17-14(18)13-9-10-5-3-4-6-12(10)21-13/h9,11H,3-8H2,1-2H3,(H,17,18). The van der Waals surface area contributed by atoms with Crippen LogP contribution >= 0.6 is 11.3 Å². The average Bonchev–Trinajstić information content (AvgIpc) is 3.25. The first kappa shape index (κ1) is 14.6. The van der Waals surface area contributed by atoms with Crippen LogP contribution in [0.3, 0.4) is 0 Å². The van der Waals surface area contributed by atoms with Gasteiger partial charge in [-0.1, -0.05) is 0 Å². The van der Waals surface area contributed by atoms with Crippen molar-refractivity contribution in [1.82, 2.24) is 5.32 Å². The fourth-order valence-corrected chi connectivity index (χ4v) is 4.24. The van der Waals surface area contributed by atoms with Gasteiger partial charge >= 0.3 is 5.97 Å². The van der Waals surface area contributed by atoms with E-state index in [9.17, 15) is 9.59 Å². The predicted molar refractivity (Wildman–Crippen MR) is 81.6 cm³/mol. The Bertz CT molecular complexity index is 553. The Morgan fingerprint density at radius 2 is 2.05 bits per heavy atom. The molecular formula is C16H21NO3S. The molecule has 1 unspecified atom stereocenters. The third-order valence-corrected chi connectivity index (χ3v) is 5.83. The van der Waals surface area contributed by atoms with Crippen molar-refractivity contribution in [3.8, 4) is 0 Å². The van der Waals surface area contributed by atoms with E-state index >= 15 is 0 Å². The maximum Gasteiger partial charge on any atom is 0.331 e. The summed E-state index contributed by atoms with van der Waals surface area (Å²) in [5.74, 6) is -0.294. The fraction of sp³-hybridized carbons (Fsp3) is 0.625. The van der Waals surface area contributed by atoms with Gasteiger partial charge < -0.3 is 10.1 Å². The number of hydrogen-bond donors (Lipinski definition) is 1. The van der Waals surface area contributed by atoms with Gasteiger partial charge in [-0.15, -0.1) is 11.3 Å². The minimum Gasteiger partial charge on any atom is -0.467 e. The van der Waals surface area contributed by atoms with Crippen LogP contribution in [0.2, 0.25) is 0 Å². The quantitative estimate of drug-likeness (QED) is 0.870. The van der Waals surface area contributed by atoms with Crippen LogP contribution in [0, 0.1) is 5.92 Å². The maximum absolute atomic E-state index is 12.5. The normalized spacial score (nSPS) is 20.3. The van der Waals surface area contributed by atoms with Crippen molar-refractivity contribution in [3.05, 3.63) is 21.4 Å². The summed E-state index contributed by atoms with van der Waals surface area (Å²) < 4.78 is 4.88. The summed E-state index contributed by atoms with van der Waals surface area (Å²) >= 11 is 1.57. The molecule has 21 heavy (non-hydrogen) atoms. The van der Waals surface area contributed by atoms with Crippen LogP contribution in [0.4, 0.5) is 0 Å². The van der Waals surface area contributed by atoms with Crippen LogP contribution in [0.1, 0.15) is 52.7 Å². The number of aryl methyl sites for hydroxylation is 2. The molecular weight excluding hydrogens is 286 g/mol. The summed E-state index contributed by atoms with van der Waals surface area (Å²) in [6, 6.07) is 2.00. The SMILES string of the molecule is COC(=O)C(C)(NC(=O)c1cc2c(s1)CCCC2)C1CC1. The van der Waals surface area contributed by atoms with Crippen molar-refractivity contribution in [2.75, 3.05) is 7.11 Å². The molecule has 0 radical (unpaired) electrons. The summed E-state index contributed by atoms with van der Waals surface area (Å²) in [7, 11) is 1.37. The van der Waals surface area contributed by atoms with E-state index in [0.29, 0.717) is 0 Å². The maximum atomic E-state index is 12.5. The molecule has 5 heteroatoms. The minimum absolute atomic E-state index is 0.144. The van der Waals surface area contributed by atoms with Gasteiger partial charge in [-0.25, -0.2) is 4.79 Å². The number of carbonyl (C=O) groups is 2. The first-order valence-electron chi connectivity index (χ1n) is 7.57. The van der Waals surface area contributed by atoms with Crippen LogP contribution in [-0.4, -0.2) is 24.5 Å². The number of rotatable bonds is 4. The van der Waals surface area contributed by atoms with E-state index in [4.69, 9.17) is 4.74 Å². The summed E-state index contributed by atoms with van der Waals surface area (Å²) in [6.07, 6.45) is 6.48. The number of fused-ring (bicyclic) bond motifs is 1.